The summed E-state index contributed by atoms with van der Waals surface area (Å²) in [5, 5.41) is 10.3. The van der Waals surface area contributed by atoms with E-state index in [0.717, 1.165) is 0 Å². The standard InChI is InChI=1S/C9H14N6O4/c10-8(7-9(11)14-19-12-7)13-18-5-6(16)15-1-3-17-4-2-15/h1-5H2,(H2,10,13)(H2,11,14). The third-order valence-electron chi connectivity index (χ3n) is 2.47. The van der Waals surface area contributed by atoms with Crippen LogP contribution in [-0.4, -0.2) is 59.9 Å². The minimum atomic E-state index is -0.216. The predicted octanol–water partition coefficient (Wildman–Crippen LogP) is -1.85. The highest BCUT2D eigenvalue weighted by molar-refractivity contribution is 5.98. The highest BCUT2D eigenvalue weighted by Gasteiger charge is 2.17. The van der Waals surface area contributed by atoms with Gasteiger partial charge in [-0.3, -0.25) is 4.79 Å². The monoisotopic (exact) mass is 270 g/mol. The average molecular weight is 270 g/mol. The van der Waals surface area contributed by atoms with E-state index in [2.05, 4.69) is 20.1 Å². The molecule has 1 saturated heterocycles. The van der Waals surface area contributed by atoms with Gasteiger partial charge >= 0.3 is 0 Å². The van der Waals surface area contributed by atoms with Gasteiger partial charge in [-0.1, -0.05) is 5.16 Å². The summed E-state index contributed by atoms with van der Waals surface area (Å²) in [4.78, 5) is 18.2. The van der Waals surface area contributed by atoms with E-state index in [0.29, 0.717) is 26.3 Å². The summed E-state index contributed by atoms with van der Waals surface area (Å²) in [6.45, 7) is 1.92. The van der Waals surface area contributed by atoms with Crippen LogP contribution >= 0.6 is 0 Å². The first-order valence-corrected chi connectivity index (χ1v) is 5.58. The molecule has 0 radical (unpaired) electrons. The van der Waals surface area contributed by atoms with Crippen molar-refractivity contribution in [1.29, 1.82) is 0 Å². The van der Waals surface area contributed by atoms with Crippen LogP contribution in [-0.2, 0) is 14.4 Å². The van der Waals surface area contributed by atoms with Gasteiger partial charge in [0.25, 0.3) is 5.91 Å². The zero-order valence-electron chi connectivity index (χ0n) is 10.1. The van der Waals surface area contributed by atoms with Crippen molar-refractivity contribution in [3.63, 3.8) is 0 Å². The molecule has 0 spiro atoms. The number of hydrogen-bond donors (Lipinski definition) is 2. The zero-order chi connectivity index (χ0) is 13.7. The molecule has 1 aromatic rings. The lowest BCUT2D eigenvalue weighted by Gasteiger charge is -2.26. The summed E-state index contributed by atoms with van der Waals surface area (Å²) in [7, 11) is 0. The number of anilines is 1. The molecule has 0 atom stereocenters. The predicted molar refractivity (Wildman–Crippen MR) is 62.8 cm³/mol. The summed E-state index contributed by atoms with van der Waals surface area (Å²) < 4.78 is 9.49. The molecule has 0 unspecified atom stereocenters. The number of carbonyl (C=O) groups excluding carboxylic acids is 1. The molecule has 4 N–H and O–H groups in total. The van der Waals surface area contributed by atoms with E-state index >= 15 is 0 Å². The number of nitrogen functional groups attached to an aromatic ring is 1. The maximum absolute atomic E-state index is 11.7. The summed E-state index contributed by atoms with van der Waals surface area (Å²) >= 11 is 0. The SMILES string of the molecule is N/C(=N\OCC(=O)N1CCOCC1)c1nonc1N. The van der Waals surface area contributed by atoms with Crippen molar-refractivity contribution in [2.75, 3.05) is 38.6 Å². The molecular formula is C9H14N6O4. The normalized spacial score (nSPS) is 16.4. The van der Waals surface area contributed by atoms with Gasteiger partial charge in [0.1, 0.15) is 0 Å². The molecule has 19 heavy (non-hydrogen) atoms. The Hall–Kier alpha value is -2.36. The fourth-order valence-electron chi connectivity index (χ4n) is 1.48. The Kier molecular flexibility index (Phi) is 4.13. The lowest BCUT2D eigenvalue weighted by molar-refractivity contribution is -0.140. The number of oxime groups is 1. The third kappa shape index (κ3) is 3.31. The second-order valence-corrected chi connectivity index (χ2v) is 3.74. The molecule has 1 amide bonds. The number of amides is 1. The van der Waals surface area contributed by atoms with E-state index in [1.807, 2.05) is 0 Å². The number of nitrogens with zero attached hydrogens (tertiary/aromatic N) is 4. The Morgan fingerprint density at radius 2 is 2.16 bits per heavy atom. The molecule has 0 aromatic carbocycles. The fraction of sp³-hybridized carbons (Fsp3) is 0.556. The Bertz CT molecular complexity index is 467. The molecule has 0 bridgehead atoms. The van der Waals surface area contributed by atoms with E-state index in [1.165, 1.54) is 0 Å². The molecular weight excluding hydrogens is 256 g/mol. The average Bonchev–Trinajstić information content (AvgIpc) is 2.86. The van der Waals surface area contributed by atoms with Crippen LogP contribution in [0, 0.1) is 0 Å². The first-order valence-electron chi connectivity index (χ1n) is 5.58. The highest BCUT2D eigenvalue weighted by atomic mass is 16.6. The van der Waals surface area contributed by atoms with Gasteiger partial charge in [-0.25, -0.2) is 4.63 Å². The third-order valence-corrected chi connectivity index (χ3v) is 2.47. The van der Waals surface area contributed by atoms with Gasteiger partial charge < -0.3 is 25.9 Å². The lowest BCUT2D eigenvalue weighted by Crippen LogP contribution is -2.42. The molecule has 10 heteroatoms. The summed E-state index contributed by atoms with van der Waals surface area (Å²) in [6, 6.07) is 0. The molecule has 10 nitrogen and oxygen atoms in total. The molecule has 1 aromatic heterocycles. The van der Waals surface area contributed by atoms with E-state index < -0.39 is 0 Å². The van der Waals surface area contributed by atoms with E-state index in [9.17, 15) is 4.79 Å². The number of carbonyl (C=O) groups is 1. The van der Waals surface area contributed by atoms with Gasteiger partial charge in [0.2, 0.25) is 0 Å². The largest absolute Gasteiger partial charge is 0.384 e. The second kappa shape index (κ2) is 6.00. The Morgan fingerprint density at radius 1 is 1.42 bits per heavy atom. The van der Waals surface area contributed by atoms with Crippen molar-refractivity contribution in [2.45, 2.75) is 0 Å². The van der Waals surface area contributed by atoms with Crippen LogP contribution in [0.15, 0.2) is 9.78 Å². The van der Waals surface area contributed by atoms with Crippen LogP contribution in [0.4, 0.5) is 5.82 Å². The number of rotatable bonds is 4. The summed E-state index contributed by atoms with van der Waals surface area (Å²) in [6.07, 6.45) is 0. The summed E-state index contributed by atoms with van der Waals surface area (Å²) in [5.41, 5.74) is 11.0. The van der Waals surface area contributed by atoms with E-state index in [-0.39, 0.29) is 29.9 Å². The van der Waals surface area contributed by atoms with E-state index in [1.54, 1.807) is 4.90 Å². The Labute approximate surface area is 108 Å². The minimum Gasteiger partial charge on any atom is -0.384 e. The van der Waals surface area contributed by atoms with Crippen LogP contribution in [0.2, 0.25) is 0 Å². The van der Waals surface area contributed by atoms with Crippen molar-refractivity contribution < 1.29 is 19.0 Å². The number of ether oxygens (including phenoxy) is 1. The van der Waals surface area contributed by atoms with Gasteiger partial charge in [0.15, 0.2) is 24.0 Å². The van der Waals surface area contributed by atoms with Crippen molar-refractivity contribution in [1.82, 2.24) is 15.2 Å². The first-order chi connectivity index (χ1) is 9.18. The number of amidine groups is 1. The van der Waals surface area contributed by atoms with Gasteiger partial charge in [0, 0.05) is 13.1 Å². The molecule has 1 aliphatic rings. The maximum atomic E-state index is 11.7. The van der Waals surface area contributed by atoms with Crippen molar-refractivity contribution in [3.05, 3.63) is 5.69 Å². The number of aromatic nitrogens is 2. The van der Waals surface area contributed by atoms with Crippen LogP contribution in [0.25, 0.3) is 0 Å². The Balaban J connectivity index is 1.82. The van der Waals surface area contributed by atoms with Gasteiger partial charge in [0.05, 0.1) is 13.2 Å². The molecule has 104 valence electrons. The van der Waals surface area contributed by atoms with Crippen molar-refractivity contribution in [3.8, 4) is 0 Å². The molecule has 0 saturated carbocycles. The number of nitrogens with two attached hydrogens (primary N) is 2. The lowest BCUT2D eigenvalue weighted by atomic mass is 10.4. The Morgan fingerprint density at radius 3 is 2.79 bits per heavy atom. The van der Waals surface area contributed by atoms with Crippen molar-refractivity contribution in [2.24, 2.45) is 10.9 Å². The zero-order valence-corrected chi connectivity index (χ0v) is 10.1. The van der Waals surface area contributed by atoms with Crippen LogP contribution in [0.5, 0.6) is 0 Å². The van der Waals surface area contributed by atoms with Crippen molar-refractivity contribution >= 4 is 17.6 Å². The quantitative estimate of drug-likeness (QED) is 0.368. The van der Waals surface area contributed by atoms with Gasteiger partial charge in [-0.2, -0.15) is 0 Å². The molecule has 2 heterocycles. The molecule has 1 fully saturated rings. The molecule has 1 aliphatic heterocycles. The first kappa shape index (κ1) is 13.1. The maximum Gasteiger partial charge on any atom is 0.263 e. The smallest absolute Gasteiger partial charge is 0.263 e. The molecule has 0 aliphatic carbocycles. The minimum absolute atomic E-state index is 0.00403. The fourth-order valence-corrected chi connectivity index (χ4v) is 1.48. The van der Waals surface area contributed by atoms with Crippen LogP contribution in [0.1, 0.15) is 5.69 Å². The highest BCUT2D eigenvalue weighted by Crippen LogP contribution is 2.03. The summed E-state index contributed by atoms with van der Waals surface area (Å²) in [5.74, 6) is -0.288. The van der Waals surface area contributed by atoms with Gasteiger partial charge in [-0.05, 0) is 10.3 Å². The molecule has 2 rings (SSSR count). The number of morpholine rings is 1. The number of hydrogen-bond acceptors (Lipinski definition) is 8. The van der Waals surface area contributed by atoms with Crippen LogP contribution < -0.4 is 11.5 Å². The topological polar surface area (TPSA) is 142 Å². The van der Waals surface area contributed by atoms with Gasteiger partial charge in [-0.15, -0.1) is 0 Å². The van der Waals surface area contributed by atoms with Crippen LogP contribution in [0.3, 0.4) is 0 Å². The second-order valence-electron chi connectivity index (χ2n) is 3.74. The van der Waals surface area contributed by atoms with E-state index in [4.69, 9.17) is 21.0 Å².